The maximum absolute atomic E-state index is 10.7. The molecule has 0 heterocycles. The minimum Gasteiger partial charge on any atom is -0.506 e. The number of carboxylic acids is 1. The van der Waals surface area contributed by atoms with Gasteiger partial charge in [-0.15, -0.1) is 0 Å². The van der Waals surface area contributed by atoms with Crippen molar-refractivity contribution < 1.29 is 19.8 Å². The number of carboxylic acid groups (broad SMARTS) is 1. The fourth-order valence-electron chi connectivity index (χ4n) is 1.03. The van der Waals surface area contributed by atoms with Crippen molar-refractivity contribution in [3.8, 4) is 5.75 Å². The van der Waals surface area contributed by atoms with Gasteiger partial charge in [0.25, 0.3) is 0 Å². The second-order valence-electron chi connectivity index (χ2n) is 2.84. The Balaban J connectivity index is 2.85. The zero-order chi connectivity index (χ0) is 12.0. The average Bonchev–Trinajstić information content (AvgIpc) is 2.26. The molecule has 0 saturated carbocycles. The molecule has 0 spiro atoms. The Morgan fingerprint density at radius 3 is 2.94 bits per heavy atom. The number of para-hydroxylation sites is 1. The third kappa shape index (κ3) is 3.16. The molecule has 1 aromatic rings. The van der Waals surface area contributed by atoms with Gasteiger partial charge >= 0.3 is 5.97 Å². The highest BCUT2D eigenvalue weighted by Gasteiger charge is 2.11. The third-order valence-corrected chi connectivity index (χ3v) is 1.93. The summed E-state index contributed by atoms with van der Waals surface area (Å²) in [7, 11) is 0. The summed E-state index contributed by atoms with van der Waals surface area (Å²) >= 11 is 3.92. The summed E-state index contributed by atoms with van der Waals surface area (Å²) < 4.78 is 0. The number of carbonyl (C=O) groups is 1. The quantitative estimate of drug-likeness (QED) is 0.315. The lowest BCUT2D eigenvalue weighted by Crippen LogP contribution is -1.98. The van der Waals surface area contributed by atoms with Crippen LogP contribution in [0.3, 0.4) is 0 Å². The predicted octanol–water partition coefficient (Wildman–Crippen LogP) is 1.37. The fraction of sp³-hybridized carbons (Fsp3) is 0.200. The van der Waals surface area contributed by atoms with E-state index in [-0.39, 0.29) is 11.3 Å². The molecule has 0 radical (unpaired) electrons. The molecule has 1 aromatic carbocycles. The molecule has 0 aliphatic rings. The normalized spacial score (nSPS) is 10.6. The molecular weight excluding hydrogens is 230 g/mol. The molecule has 0 aromatic heterocycles. The number of rotatable bonds is 5. The molecule has 0 atom stereocenters. The fourth-order valence-corrected chi connectivity index (χ4v) is 1.11. The number of hydrogen-bond acceptors (Lipinski definition) is 5. The molecule has 1 rings (SSSR count). The van der Waals surface area contributed by atoms with Gasteiger partial charge in [-0.2, -0.15) is 12.6 Å². The lowest BCUT2D eigenvalue weighted by molar-refractivity contribution is 0.0693. The Morgan fingerprint density at radius 2 is 2.31 bits per heavy atom. The van der Waals surface area contributed by atoms with Crippen molar-refractivity contribution in [3.05, 3.63) is 29.3 Å². The number of aromatic carboxylic acids is 1. The SMILES string of the molecule is O=C(O)c1cccc(C=NOCCS)c1O. The highest BCUT2D eigenvalue weighted by Crippen LogP contribution is 2.20. The van der Waals surface area contributed by atoms with E-state index in [4.69, 9.17) is 9.94 Å². The smallest absolute Gasteiger partial charge is 0.339 e. The Kier molecular flexibility index (Phi) is 4.65. The van der Waals surface area contributed by atoms with Gasteiger partial charge in [0.2, 0.25) is 0 Å². The van der Waals surface area contributed by atoms with Gasteiger partial charge in [0.15, 0.2) is 0 Å². The second kappa shape index (κ2) is 6.02. The topological polar surface area (TPSA) is 79.1 Å². The lowest BCUT2D eigenvalue weighted by Gasteiger charge is -2.02. The Labute approximate surface area is 97.8 Å². The summed E-state index contributed by atoms with van der Waals surface area (Å²) in [6, 6.07) is 4.36. The first kappa shape index (κ1) is 12.4. The van der Waals surface area contributed by atoms with Crippen molar-refractivity contribution in [1.82, 2.24) is 0 Å². The molecule has 86 valence electrons. The van der Waals surface area contributed by atoms with Gasteiger partial charge in [0.1, 0.15) is 17.9 Å². The molecule has 0 amide bonds. The molecule has 0 aliphatic heterocycles. The zero-order valence-electron chi connectivity index (χ0n) is 8.33. The highest BCUT2D eigenvalue weighted by atomic mass is 32.1. The average molecular weight is 241 g/mol. The highest BCUT2D eigenvalue weighted by molar-refractivity contribution is 7.80. The van der Waals surface area contributed by atoms with E-state index in [2.05, 4.69) is 17.8 Å². The van der Waals surface area contributed by atoms with Gasteiger partial charge in [-0.25, -0.2) is 4.79 Å². The van der Waals surface area contributed by atoms with Gasteiger partial charge in [-0.3, -0.25) is 0 Å². The van der Waals surface area contributed by atoms with Crippen LogP contribution in [-0.4, -0.2) is 34.8 Å². The van der Waals surface area contributed by atoms with Gasteiger partial charge < -0.3 is 15.1 Å². The lowest BCUT2D eigenvalue weighted by atomic mass is 10.1. The Bertz CT molecular complexity index is 406. The van der Waals surface area contributed by atoms with Crippen LogP contribution < -0.4 is 0 Å². The van der Waals surface area contributed by atoms with Crippen LogP contribution in [0.15, 0.2) is 23.4 Å². The van der Waals surface area contributed by atoms with E-state index in [0.717, 1.165) is 0 Å². The van der Waals surface area contributed by atoms with Crippen LogP contribution in [0.25, 0.3) is 0 Å². The van der Waals surface area contributed by atoms with E-state index in [1.165, 1.54) is 24.4 Å². The van der Waals surface area contributed by atoms with Gasteiger partial charge in [0, 0.05) is 11.3 Å². The largest absolute Gasteiger partial charge is 0.506 e. The van der Waals surface area contributed by atoms with Crippen molar-refractivity contribution in [2.45, 2.75) is 0 Å². The van der Waals surface area contributed by atoms with Crippen LogP contribution in [0.2, 0.25) is 0 Å². The molecule has 2 N–H and O–H groups in total. The third-order valence-electron chi connectivity index (χ3n) is 1.75. The minimum atomic E-state index is -1.19. The van der Waals surface area contributed by atoms with Gasteiger partial charge in [-0.1, -0.05) is 11.2 Å². The zero-order valence-corrected chi connectivity index (χ0v) is 9.22. The first-order chi connectivity index (χ1) is 7.66. The van der Waals surface area contributed by atoms with Gasteiger partial charge in [0.05, 0.1) is 6.21 Å². The summed E-state index contributed by atoms with van der Waals surface area (Å²) in [5.41, 5.74) is 0.122. The summed E-state index contributed by atoms with van der Waals surface area (Å²) in [6.07, 6.45) is 1.26. The number of hydrogen-bond donors (Lipinski definition) is 3. The number of oxime groups is 1. The molecule has 0 unspecified atom stereocenters. The van der Waals surface area contributed by atoms with Crippen molar-refractivity contribution >= 4 is 24.8 Å². The van der Waals surface area contributed by atoms with E-state index in [0.29, 0.717) is 17.9 Å². The molecule has 0 aliphatic carbocycles. The molecule has 5 nitrogen and oxygen atoms in total. The number of benzene rings is 1. The molecular formula is C10H11NO4S. The molecule has 6 heteroatoms. The number of thiol groups is 1. The van der Waals surface area contributed by atoms with E-state index >= 15 is 0 Å². The maximum atomic E-state index is 10.7. The predicted molar refractivity (Wildman–Crippen MR) is 62.5 cm³/mol. The number of aromatic hydroxyl groups is 1. The second-order valence-corrected chi connectivity index (χ2v) is 3.29. The van der Waals surface area contributed by atoms with Crippen LogP contribution in [-0.2, 0) is 4.84 Å². The van der Waals surface area contributed by atoms with E-state index in [1.54, 1.807) is 0 Å². The van der Waals surface area contributed by atoms with Crippen molar-refractivity contribution in [2.24, 2.45) is 5.16 Å². The van der Waals surface area contributed by atoms with Crippen molar-refractivity contribution in [2.75, 3.05) is 12.4 Å². The van der Waals surface area contributed by atoms with Crippen LogP contribution >= 0.6 is 12.6 Å². The first-order valence-corrected chi connectivity index (χ1v) is 5.11. The standard InChI is InChI=1S/C10H11NO4S/c12-9-7(6-11-15-4-5-16)2-1-3-8(9)10(13)14/h1-3,6,12,16H,4-5H2,(H,13,14). The number of phenols is 1. The molecule has 16 heavy (non-hydrogen) atoms. The summed E-state index contributed by atoms with van der Waals surface area (Å²) in [5, 5.41) is 21.9. The minimum absolute atomic E-state index is 0.168. The van der Waals surface area contributed by atoms with Crippen LogP contribution in [0.5, 0.6) is 5.75 Å². The summed E-state index contributed by atoms with van der Waals surface area (Å²) in [6.45, 7) is 0.346. The summed E-state index contributed by atoms with van der Waals surface area (Å²) in [5.74, 6) is -0.990. The number of nitrogens with zero attached hydrogens (tertiary/aromatic N) is 1. The van der Waals surface area contributed by atoms with Gasteiger partial charge in [-0.05, 0) is 12.1 Å². The Morgan fingerprint density at radius 1 is 1.56 bits per heavy atom. The molecule has 0 bridgehead atoms. The first-order valence-electron chi connectivity index (χ1n) is 4.48. The van der Waals surface area contributed by atoms with Crippen LogP contribution in [0.4, 0.5) is 0 Å². The molecule has 0 fully saturated rings. The van der Waals surface area contributed by atoms with Crippen LogP contribution in [0.1, 0.15) is 15.9 Å². The summed E-state index contributed by atoms with van der Waals surface area (Å²) in [4.78, 5) is 15.5. The Hall–Kier alpha value is -1.69. The van der Waals surface area contributed by atoms with Crippen molar-refractivity contribution in [1.29, 1.82) is 0 Å². The monoisotopic (exact) mass is 241 g/mol. The van der Waals surface area contributed by atoms with E-state index in [1.807, 2.05) is 0 Å². The van der Waals surface area contributed by atoms with E-state index < -0.39 is 5.97 Å². The van der Waals surface area contributed by atoms with E-state index in [9.17, 15) is 9.90 Å². The van der Waals surface area contributed by atoms with Crippen molar-refractivity contribution in [3.63, 3.8) is 0 Å². The molecule has 0 saturated heterocycles. The maximum Gasteiger partial charge on any atom is 0.339 e. The van der Waals surface area contributed by atoms with Crippen LogP contribution in [0, 0.1) is 0 Å².